The van der Waals surface area contributed by atoms with Gasteiger partial charge in [0.25, 0.3) is 5.56 Å². The van der Waals surface area contributed by atoms with Crippen molar-refractivity contribution in [3.05, 3.63) is 77.2 Å². The van der Waals surface area contributed by atoms with Gasteiger partial charge >= 0.3 is 12.1 Å². The number of ether oxygens (including phenoxy) is 1. The first-order valence-electron chi connectivity index (χ1n) is 19.7. The Labute approximate surface area is 333 Å². The molecule has 3 aliphatic rings. The number of anilines is 2. The van der Waals surface area contributed by atoms with Gasteiger partial charge in [0.05, 0.1) is 17.8 Å². The number of benzene rings is 2. The summed E-state index contributed by atoms with van der Waals surface area (Å²) >= 11 is 0. The highest BCUT2D eigenvalue weighted by Gasteiger charge is 2.61. The average molecular weight is 782 g/mol. The summed E-state index contributed by atoms with van der Waals surface area (Å²) < 4.78 is 6.86. The molecule has 6 rings (SSSR count). The van der Waals surface area contributed by atoms with Crippen LogP contribution in [0.2, 0.25) is 0 Å². The van der Waals surface area contributed by atoms with Gasteiger partial charge in [0, 0.05) is 64.0 Å². The van der Waals surface area contributed by atoms with Gasteiger partial charge in [-0.05, 0) is 81.8 Å². The third kappa shape index (κ3) is 9.00. The summed E-state index contributed by atoms with van der Waals surface area (Å²) in [6.07, 6.45) is 8.12. The Morgan fingerprint density at radius 1 is 0.930 bits per heavy atom. The van der Waals surface area contributed by atoms with E-state index in [4.69, 9.17) is 4.74 Å². The van der Waals surface area contributed by atoms with Crippen LogP contribution in [0, 0.1) is 5.92 Å². The van der Waals surface area contributed by atoms with Gasteiger partial charge < -0.3 is 35.2 Å². The molecule has 1 unspecified atom stereocenters. The molecule has 5 atom stereocenters. The highest BCUT2D eigenvalue weighted by Crippen LogP contribution is 2.45. The topological polar surface area (TPSA) is 166 Å². The predicted molar refractivity (Wildman–Crippen MR) is 219 cm³/mol. The van der Waals surface area contributed by atoms with Crippen molar-refractivity contribution < 1.29 is 29.0 Å². The molecule has 1 aliphatic carbocycles. The standard InChI is InChI=1S/C43H55N7O7/c1-42(2,3)57-41(56)45-34-14-12-10-8-9-11-13-29-24-43(29,40(54)55)46-37(51)35-23-32(26-49(35)38(34)52)50-39(53)36(28-17-21-31(22-18-28)48(6)7)33(25-44-50)27-15-19-30(20-16-27)47(4)5/h11,13,15-22,25,29,32,34-35H,8-10,12,14,23-24,26H2,1-7H3,(H,45,56)(H,46,51)(H,54,55)/b13-11-/t29-,32+,34-,35?,43+/m0/s1. The zero-order valence-electron chi connectivity index (χ0n) is 33.9. The lowest BCUT2D eigenvalue weighted by Crippen LogP contribution is -2.56. The zero-order valence-corrected chi connectivity index (χ0v) is 33.9. The van der Waals surface area contributed by atoms with Gasteiger partial charge in [0.1, 0.15) is 23.2 Å². The fraction of sp³-hybridized carbons (Fsp3) is 0.488. The molecule has 3 heterocycles. The van der Waals surface area contributed by atoms with E-state index in [0.29, 0.717) is 29.5 Å². The first kappa shape index (κ1) is 41.0. The van der Waals surface area contributed by atoms with Crippen molar-refractivity contribution in [3.63, 3.8) is 0 Å². The molecule has 3 N–H and O–H groups in total. The zero-order chi connectivity index (χ0) is 41.2. The minimum Gasteiger partial charge on any atom is -0.479 e. The summed E-state index contributed by atoms with van der Waals surface area (Å²) in [6.45, 7) is 5.11. The summed E-state index contributed by atoms with van der Waals surface area (Å²) in [6, 6.07) is 12.6. The molecule has 2 aromatic carbocycles. The Hall–Kier alpha value is -5.66. The van der Waals surface area contributed by atoms with Crippen LogP contribution in [0.1, 0.15) is 71.8 Å². The number of nitrogens with one attached hydrogen (secondary N) is 2. The predicted octanol–water partition coefficient (Wildman–Crippen LogP) is 5.22. The fourth-order valence-corrected chi connectivity index (χ4v) is 7.79. The molecule has 57 heavy (non-hydrogen) atoms. The van der Waals surface area contributed by atoms with E-state index in [1.165, 1.54) is 9.58 Å². The molecule has 1 saturated carbocycles. The Balaban J connectivity index is 1.42. The fourth-order valence-electron chi connectivity index (χ4n) is 7.79. The number of amides is 3. The minimum absolute atomic E-state index is 0.00424. The molecule has 1 aromatic heterocycles. The molecule has 3 aromatic rings. The third-order valence-corrected chi connectivity index (χ3v) is 11.0. The van der Waals surface area contributed by atoms with Crippen molar-refractivity contribution in [3.8, 4) is 22.3 Å². The van der Waals surface area contributed by atoms with E-state index in [1.54, 1.807) is 27.0 Å². The van der Waals surface area contributed by atoms with E-state index in [-0.39, 0.29) is 19.4 Å². The second-order valence-electron chi connectivity index (χ2n) is 16.8. The minimum atomic E-state index is -1.50. The lowest BCUT2D eigenvalue weighted by atomic mass is 9.96. The first-order chi connectivity index (χ1) is 27.0. The van der Waals surface area contributed by atoms with Gasteiger partial charge in [0.2, 0.25) is 11.8 Å². The van der Waals surface area contributed by atoms with Crippen LogP contribution in [0.3, 0.4) is 0 Å². The number of rotatable bonds is 7. The van der Waals surface area contributed by atoms with E-state index in [1.807, 2.05) is 98.7 Å². The number of aromatic nitrogens is 2. The molecule has 3 amide bonds. The summed E-state index contributed by atoms with van der Waals surface area (Å²) in [7, 11) is 7.78. The highest BCUT2D eigenvalue weighted by molar-refractivity contribution is 5.96. The van der Waals surface area contributed by atoms with Gasteiger partial charge in [-0.15, -0.1) is 0 Å². The van der Waals surface area contributed by atoms with Crippen molar-refractivity contribution in [2.45, 2.75) is 95.0 Å². The molecule has 2 fully saturated rings. The number of fused-ring (bicyclic) bond motifs is 2. The van der Waals surface area contributed by atoms with Gasteiger partial charge in [-0.3, -0.25) is 14.4 Å². The molecular weight excluding hydrogens is 727 g/mol. The van der Waals surface area contributed by atoms with Crippen LogP contribution in [-0.2, 0) is 19.1 Å². The Morgan fingerprint density at radius 3 is 2.16 bits per heavy atom. The van der Waals surface area contributed by atoms with Crippen LogP contribution in [-0.4, -0.2) is 102 Å². The Kier molecular flexibility index (Phi) is 11.8. The third-order valence-electron chi connectivity index (χ3n) is 11.0. The van der Waals surface area contributed by atoms with E-state index in [0.717, 1.165) is 36.2 Å². The van der Waals surface area contributed by atoms with E-state index >= 15 is 0 Å². The number of carboxylic acids is 1. The van der Waals surface area contributed by atoms with E-state index in [9.17, 15) is 29.1 Å². The van der Waals surface area contributed by atoms with Crippen LogP contribution >= 0.6 is 0 Å². The van der Waals surface area contributed by atoms with Gasteiger partial charge in [0.15, 0.2) is 0 Å². The largest absolute Gasteiger partial charge is 0.479 e. The number of hydrogen-bond donors (Lipinski definition) is 3. The molecule has 0 bridgehead atoms. The highest BCUT2D eigenvalue weighted by atomic mass is 16.6. The molecule has 14 heteroatoms. The number of aliphatic carboxylic acids is 1. The van der Waals surface area contributed by atoms with Gasteiger partial charge in [-0.25, -0.2) is 14.3 Å². The first-order valence-corrected chi connectivity index (χ1v) is 19.7. The van der Waals surface area contributed by atoms with Crippen LogP contribution in [0.15, 0.2) is 71.7 Å². The molecule has 0 spiro atoms. The number of hydrogen-bond acceptors (Lipinski definition) is 9. The van der Waals surface area contributed by atoms with Gasteiger partial charge in [-0.2, -0.15) is 5.10 Å². The summed E-state index contributed by atoms with van der Waals surface area (Å²) in [5, 5.41) is 20.5. The number of allylic oxidation sites excluding steroid dienone is 1. The van der Waals surface area contributed by atoms with Crippen LogP contribution in [0.5, 0.6) is 0 Å². The van der Waals surface area contributed by atoms with E-state index < -0.39 is 64.6 Å². The average Bonchev–Trinajstić information content (AvgIpc) is 3.67. The Morgan fingerprint density at radius 2 is 1.56 bits per heavy atom. The Bertz CT molecular complexity index is 2070. The van der Waals surface area contributed by atoms with Gasteiger partial charge in [-0.1, -0.05) is 49.3 Å². The van der Waals surface area contributed by atoms with E-state index in [2.05, 4.69) is 15.7 Å². The SMILES string of the molecule is CN(C)c1ccc(-c2cnn([C@@H]3CC4C(=O)N[C@]5(C(=O)O)C[C@@H]5/C=C\CCCCC[C@H](NC(=O)OC(C)(C)C)C(=O)N4C3)c(=O)c2-c2ccc(N(C)C)cc2)cc1. The molecule has 0 radical (unpaired) electrons. The van der Waals surface area contributed by atoms with Crippen LogP contribution < -0.4 is 26.0 Å². The second-order valence-corrected chi connectivity index (χ2v) is 16.8. The molecule has 304 valence electrons. The second kappa shape index (κ2) is 16.4. The molecule has 1 saturated heterocycles. The lowest BCUT2D eigenvalue weighted by Gasteiger charge is -2.30. The van der Waals surface area contributed by atoms with Crippen molar-refractivity contribution >= 4 is 35.3 Å². The summed E-state index contributed by atoms with van der Waals surface area (Å²) in [5.74, 6) is -2.70. The maximum absolute atomic E-state index is 14.8. The monoisotopic (exact) mass is 781 g/mol. The quantitative estimate of drug-likeness (QED) is 0.271. The summed E-state index contributed by atoms with van der Waals surface area (Å²) in [4.78, 5) is 74.7. The normalized spacial score (nSPS) is 24.5. The molecule has 14 nitrogen and oxygen atoms in total. The number of carboxylic acid groups (broad SMARTS) is 1. The smallest absolute Gasteiger partial charge is 0.408 e. The maximum atomic E-state index is 14.8. The number of alkyl carbamates (subject to hydrolysis) is 1. The van der Waals surface area contributed by atoms with Crippen molar-refractivity contribution in [2.24, 2.45) is 5.92 Å². The van der Waals surface area contributed by atoms with Crippen molar-refractivity contribution in [1.29, 1.82) is 0 Å². The van der Waals surface area contributed by atoms with Crippen LogP contribution in [0.25, 0.3) is 22.3 Å². The summed E-state index contributed by atoms with van der Waals surface area (Å²) in [5.41, 5.74) is 1.73. The number of nitrogens with zero attached hydrogens (tertiary/aromatic N) is 5. The molecular formula is C43H55N7O7. The lowest BCUT2D eigenvalue weighted by molar-refractivity contribution is -0.145. The number of carbonyl (C=O) groups is 4. The van der Waals surface area contributed by atoms with Crippen LogP contribution in [0.4, 0.5) is 16.2 Å². The van der Waals surface area contributed by atoms with Crippen molar-refractivity contribution in [2.75, 3.05) is 44.5 Å². The van der Waals surface area contributed by atoms with Crippen molar-refractivity contribution in [1.82, 2.24) is 25.3 Å². The maximum Gasteiger partial charge on any atom is 0.408 e. The number of carbonyl (C=O) groups excluding carboxylic acids is 3. The molecule has 2 aliphatic heterocycles.